The second-order valence-corrected chi connectivity index (χ2v) is 10.2. The van der Waals surface area contributed by atoms with E-state index in [2.05, 4.69) is 118 Å². The number of hydrogen-bond acceptors (Lipinski definition) is 0. The SMILES string of the molecule is Brc1ccc([O+](c2ccc(Br)c(Br)c2)c2ccc(Br)c(Br)c2)cc1Br.[Cl-]. The van der Waals surface area contributed by atoms with E-state index in [1.165, 1.54) is 0 Å². The summed E-state index contributed by atoms with van der Waals surface area (Å²) < 4.78 is 9.20. The lowest BCUT2D eigenvalue weighted by Crippen LogP contribution is -3.00. The van der Waals surface area contributed by atoms with Crippen LogP contribution in [0.25, 0.3) is 0 Å². The van der Waals surface area contributed by atoms with Crippen LogP contribution < -0.4 is 16.8 Å². The molecule has 0 saturated carbocycles. The molecule has 0 aliphatic carbocycles. The maximum atomic E-state index is 3.59. The molecule has 0 saturated heterocycles. The smallest absolute Gasteiger partial charge is 0.268 e. The normalized spacial score (nSPS) is 10.4. The van der Waals surface area contributed by atoms with E-state index < -0.39 is 0 Å². The third-order valence-electron chi connectivity index (χ3n) is 3.38. The summed E-state index contributed by atoms with van der Waals surface area (Å²) >= 11 is 21.4. The molecule has 1 nitrogen and oxygen atoms in total. The summed E-state index contributed by atoms with van der Waals surface area (Å²) in [5, 5.41) is 0. The summed E-state index contributed by atoms with van der Waals surface area (Å²) in [4.78, 5) is 0. The minimum absolute atomic E-state index is 0. The molecule has 0 fully saturated rings. The molecule has 0 aliphatic rings. The molecule has 3 aromatic carbocycles. The van der Waals surface area contributed by atoms with Crippen molar-refractivity contribution in [2.24, 2.45) is 0 Å². The van der Waals surface area contributed by atoms with E-state index in [1.807, 2.05) is 36.4 Å². The van der Waals surface area contributed by atoms with Gasteiger partial charge in [0.2, 0.25) is 0 Å². The predicted molar refractivity (Wildman–Crippen MR) is 125 cm³/mol. The fourth-order valence-corrected chi connectivity index (χ4v) is 4.03. The topological polar surface area (TPSA) is 2.70 Å². The summed E-state index contributed by atoms with van der Waals surface area (Å²) in [6.07, 6.45) is 0. The summed E-state index contributed by atoms with van der Waals surface area (Å²) in [5.41, 5.74) is 0. The standard InChI is InChI=1S/C18H9Br6O.ClH/c19-13-4-1-10(7-16(13)22)25(11-2-5-14(20)17(23)8-11)12-3-6-15(21)18(24)9-12;/h1-9H;1H/q+1;/p-1. The van der Waals surface area contributed by atoms with Crippen LogP contribution in [0.1, 0.15) is 0 Å². The highest BCUT2D eigenvalue weighted by Gasteiger charge is 2.22. The van der Waals surface area contributed by atoms with E-state index in [4.69, 9.17) is 0 Å². The van der Waals surface area contributed by atoms with Gasteiger partial charge in [0.15, 0.2) is 0 Å². The summed E-state index contributed by atoms with van der Waals surface area (Å²) in [6.45, 7) is 0. The number of rotatable bonds is 3. The summed E-state index contributed by atoms with van der Waals surface area (Å²) in [5.74, 6) is 2.91. The first-order valence-electron chi connectivity index (χ1n) is 6.96. The zero-order chi connectivity index (χ0) is 18.1. The van der Waals surface area contributed by atoms with E-state index in [9.17, 15) is 0 Å². The van der Waals surface area contributed by atoms with Gasteiger partial charge in [0.1, 0.15) is 0 Å². The lowest BCUT2D eigenvalue weighted by Gasteiger charge is -2.23. The molecule has 26 heavy (non-hydrogen) atoms. The van der Waals surface area contributed by atoms with Crippen molar-refractivity contribution in [2.75, 3.05) is 0 Å². The van der Waals surface area contributed by atoms with Crippen molar-refractivity contribution < 1.29 is 16.8 Å². The molecule has 136 valence electrons. The second-order valence-electron chi connectivity index (χ2n) is 5.03. The van der Waals surface area contributed by atoms with E-state index in [0.717, 1.165) is 44.1 Å². The molecule has 0 amide bonds. The lowest BCUT2D eigenvalue weighted by atomic mass is 10.3. The second kappa shape index (κ2) is 9.90. The molecule has 8 heteroatoms. The number of benzene rings is 3. The average Bonchev–Trinajstić information content (AvgIpc) is 2.57. The fourth-order valence-electron chi connectivity index (χ4n) is 2.22. The molecule has 3 rings (SSSR count). The van der Waals surface area contributed by atoms with E-state index in [1.54, 1.807) is 0 Å². The first kappa shape index (κ1) is 22.9. The molecule has 3 aromatic rings. The molecule has 0 atom stereocenters. The van der Waals surface area contributed by atoms with Gasteiger partial charge in [-0.15, -0.1) is 0 Å². The van der Waals surface area contributed by atoms with Crippen LogP contribution in [-0.4, -0.2) is 0 Å². The van der Waals surface area contributed by atoms with Crippen molar-refractivity contribution in [2.45, 2.75) is 0 Å². The number of halogens is 7. The van der Waals surface area contributed by atoms with Crippen LogP contribution in [0.15, 0.2) is 81.4 Å². The molecular formula is C18H9Br6ClO. The van der Waals surface area contributed by atoms with Gasteiger partial charge < -0.3 is 16.8 Å². The minimum atomic E-state index is 0. The van der Waals surface area contributed by atoms with Gasteiger partial charge in [-0.25, -0.2) is 0 Å². The molecular weight excluding hydrogens is 747 g/mol. The lowest BCUT2D eigenvalue weighted by molar-refractivity contribution is -0.00000479. The molecule has 0 unspecified atom stereocenters. The van der Waals surface area contributed by atoms with Gasteiger partial charge in [0, 0.05) is 63.2 Å². The molecule has 0 spiro atoms. The Bertz CT molecular complexity index is 825. The minimum Gasteiger partial charge on any atom is -1.00 e. The third kappa shape index (κ3) is 5.16. The van der Waals surface area contributed by atoms with Crippen LogP contribution in [0.4, 0.5) is 0 Å². The monoisotopic (exact) mass is 750 g/mol. The first-order chi connectivity index (χ1) is 11.9. The Morgan fingerprint density at radius 2 is 0.692 bits per heavy atom. The van der Waals surface area contributed by atoms with Gasteiger partial charge in [-0.2, -0.15) is 0 Å². The fraction of sp³-hybridized carbons (Fsp3) is 0. The van der Waals surface area contributed by atoms with Gasteiger partial charge in [-0.05, 0) is 114 Å². The Kier molecular flexibility index (Phi) is 8.72. The molecule has 0 aliphatic heterocycles. The summed E-state index contributed by atoms with van der Waals surface area (Å²) in [7, 11) is 0. The van der Waals surface area contributed by atoms with Crippen LogP contribution in [-0.2, 0) is 0 Å². The zero-order valence-electron chi connectivity index (χ0n) is 12.8. The largest absolute Gasteiger partial charge is 1.00 e. The highest BCUT2D eigenvalue weighted by Crippen LogP contribution is 2.44. The Morgan fingerprint density at radius 3 is 0.923 bits per heavy atom. The van der Waals surface area contributed by atoms with E-state index >= 15 is 0 Å². The Morgan fingerprint density at radius 1 is 0.423 bits per heavy atom. The highest BCUT2D eigenvalue weighted by molar-refractivity contribution is 9.13. The molecule has 0 radical (unpaired) electrons. The Balaban J connectivity index is 0.00000243. The van der Waals surface area contributed by atoms with Crippen molar-refractivity contribution in [3.8, 4) is 17.2 Å². The van der Waals surface area contributed by atoms with Crippen LogP contribution in [0, 0.1) is 0 Å². The Hall–Kier alpha value is 0.630. The third-order valence-corrected chi connectivity index (χ3v) is 9.02. The van der Waals surface area contributed by atoms with Crippen molar-refractivity contribution in [1.82, 2.24) is 0 Å². The number of hydrogen-bond donors (Lipinski definition) is 0. The van der Waals surface area contributed by atoms with Crippen LogP contribution in [0.5, 0.6) is 17.2 Å². The van der Waals surface area contributed by atoms with Crippen molar-refractivity contribution in [3.05, 3.63) is 81.4 Å². The zero-order valence-corrected chi connectivity index (χ0v) is 23.0. The maximum Gasteiger partial charge on any atom is 0.268 e. The van der Waals surface area contributed by atoms with Gasteiger partial charge in [-0.1, -0.05) is 0 Å². The highest BCUT2D eigenvalue weighted by atomic mass is 79.9. The Labute approximate surface area is 208 Å². The van der Waals surface area contributed by atoms with E-state index in [0.29, 0.717) is 0 Å². The van der Waals surface area contributed by atoms with Crippen molar-refractivity contribution in [3.63, 3.8) is 0 Å². The first-order valence-corrected chi connectivity index (χ1v) is 11.7. The van der Waals surface area contributed by atoms with Crippen molar-refractivity contribution >= 4 is 95.6 Å². The van der Waals surface area contributed by atoms with E-state index in [-0.39, 0.29) is 12.4 Å². The van der Waals surface area contributed by atoms with Crippen LogP contribution >= 0.6 is 95.6 Å². The predicted octanol–water partition coefficient (Wildman–Crippen LogP) is 7.01. The molecule has 0 heterocycles. The van der Waals surface area contributed by atoms with Crippen LogP contribution in [0.2, 0.25) is 0 Å². The van der Waals surface area contributed by atoms with Gasteiger partial charge in [0.25, 0.3) is 17.2 Å². The molecule has 0 bridgehead atoms. The maximum absolute atomic E-state index is 3.59. The van der Waals surface area contributed by atoms with Crippen LogP contribution in [0.3, 0.4) is 0 Å². The summed E-state index contributed by atoms with van der Waals surface area (Å²) in [6, 6.07) is 18.4. The molecule has 0 N–H and O–H groups in total. The molecule has 0 aromatic heterocycles. The average molecular weight is 756 g/mol. The van der Waals surface area contributed by atoms with Gasteiger partial charge in [0.05, 0.1) is 0 Å². The van der Waals surface area contributed by atoms with Crippen molar-refractivity contribution in [1.29, 1.82) is 0 Å². The van der Waals surface area contributed by atoms with Gasteiger partial charge in [-0.3, -0.25) is 0 Å². The van der Waals surface area contributed by atoms with Gasteiger partial charge >= 0.3 is 0 Å². The quantitative estimate of drug-likeness (QED) is 0.254.